The summed E-state index contributed by atoms with van der Waals surface area (Å²) >= 11 is 0. The molecule has 0 aliphatic rings. The summed E-state index contributed by atoms with van der Waals surface area (Å²) in [6.07, 6.45) is 0. The van der Waals surface area contributed by atoms with E-state index in [1.807, 2.05) is 27.7 Å². The summed E-state index contributed by atoms with van der Waals surface area (Å²) in [7, 11) is 0. The van der Waals surface area contributed by atoms with E-state index in [1.165, 1.54) is 0 Å². The number of aliphatic hydroxyl groups excluding tert-OH is 1. The molecule has 0 saturated carbocycles. The van der Waals surface area contributed by atoms with Crippen LogP contribution in [-0.4, -0.2) is 10.2 Å². The van der Waals surface area contributed by atoms with Gasteiger partial charge in [0.05, 0.1) is 5.57 Å². The van der Waals surface area contributed by atoms with Crippen LogP contribution in [0.25, 0.3) is 5.57 Å². The minimum absolute atomic E-state index is 0.305. The molecule has 0 spiro atoms. The lowest BCUT2D eigenvalue weighted by molar-refractivity contribution is 0.194. The van der Waals surface area contributed by atoms with Crippen LogP contribution in [-0.2, 0) is 0 Å². The molecule has 0 heterocycles. The van der Waals surface area contributed by atoms with Crippen LogP contribution in [0.3, 0.4) is 0 Å². The van der Waals surface area contributed by atoms with E-state index < -0.39 is 5.95 Å². The Morgan fingerprint density at radius 1 is 0.708 bits per heavy atom. The summed E-state index contributed by atoms with van der Waals surface area (Å²) in [5, 5.41) is 19.7. The van der Waals surface area contributed by atoms with Crippen LogP contribution < -0.4 is 21.5 Å². The second-order valence-electron chi connectivity index (χ2n) is 5.81. The average Bonchev–Trinajstić information content (AvgIpc) is 2.46. The van der Waals surface area contributed by atoms with Crippen molar-refractivity contribution in [3.63, 3.8) is 0 Å². The summed E-state index contributed by atoms with van der Waals surface area (Å²) < 4.78 is 0. The van der Waals surface area contributed by atoms with Crippen LogP contribution in [0.5, 0.6) is 11.5 Å². The Kier molecular flexibility index (Phi) is 5.02. The Labute approximate surface area is 140 Å². The predicted molar refractivity (Wildman–Crippen MR) is 92.7 cm³/mol. The van der Waals surface area contributed by atoms with Crippen molar-refractivity contribution in [3.05, 3.63) is 63.6 Å². The summed E-state index contributed by atoms with van der Waals surface area (Å²) in [6.45, 7) is 7.36. The highest BCUT2D eigenvalue weighted by Crippen LogP contribution is 2.34. The Morgan fingerprint density at radius 2 is 1.00 bits per heavy atom. The summed E-state index contributed by atoms with van der Waals surface area (Å²) in [6, 6.07) is 7.15. The monoisotopic (exact) mass is 330 g/mol. The molecule has 6 heteroatoms. The predicted octanol–water partition coefficient (Wildman–Crippen LogP) is 3.26. The largest absolute Gasteiger partial charge is 0.481 e. The molecule has 6 N–H and O–H groups in total. The first-order chi connectivity index (χ1) is 11.3. The summed E-state index contributed by atoms with van der Waals surface area (Å²) in [4.78, 5) is 9.75. The minimum Gasteiger partial charge on any atom is -0.481 e. The van der Waals surface area contributed by atoms with Crippen molar-refractivity contribution in [2.75, 3.05) is 0 Å². The molecular formula is C18H22N2O4. The third kappa shape index (κ3) is 3.15. The number of hydrogen-bond donors (Lipinski definition) is 4. The lowest BCUT2D eigenvalue weighted by Crippen LogP contribution is -2.07. The fourth-order valence-corrected chi connectivity index (χ4v) is 2.99. The van der Waals surface area contributed by atoms with Gasteiger partial charge in [0.2, 0.25) is 0 Å². The molecule has 24 heavy (non-hydrogen) atoms. The molecular weight excluding hydrogens is 308 g/mol. The number of aliphatic hydroxyl groups is 2. The Hall–Kier alpha value is -2.70. The zero-order chi connectivity index (χ0) is 18.0. The smallest absolute Gasteiger partial charge is 0.282 e. The molecule has 6 nitrogen and oxygen atoms in total. The lowest BCUT2D eigenvalue weighted by atomic mass is 9.92. The fourth-order valence-electron chi connectivity index (χ4n) is 2.99. The zero-order valence-electron chi connectivity index (χ0n) is 14.2. The molecule has 128 valence electrons. The van der Waals surface area contributed by atoms with Crippen LogP contribution in [0, 0.1) is 27.7 Å². The van der Waals surface area contributed by atoms with Crippen LogP contribution in [0.4, 0.5) is 0 Å². The SMILES string of the molecule is Cc1cc(C(=C(O)O)c2cc(C)c(ON)c(C)c2)cc(C)c1ON. The number of hydrogen-bond acceptors (Lipinski definition) is 6. The highest BCUT2D eigenvalue weighted by atomic mass is 16.6. The van der Waals surface area contributed by atoms with Crippen molar-refractivity contribution >= 4 is 5.57 Å². The molecule has 0 bridgehead atoms. The van der Waals surface area contributed by atoms with Crippen LogP contribution >= 0.6 is 0 Å². The highest BCUT2D eigenvalue weighted by Gasteiger charge is 2.17. The molecule has 0 radical (unpaired) electrons. The van der Waals surface area contributed by atoms with Crippen molar-refractivity contribution < 1.29 is 19.9 Å². The van der Waals surface area contributed by atoms with E-state index in [9.17, 15) is 10.2 Å². The molecule has 0 aliphatic heterocycles. The van der Waals surface area contributed by atoms with E-state index in [-0.39, 0.29) is 0 Å². The second kappa shape index (κ2) is 6.82. The van der Waals surface area contributed by atoms with Gasteiger partial charge in [0.1, 0.15) is 0 Å². The van der Waals surface area contributed by atoms with Gasteiger partial charge in [-0.05, 0) is 85.3 Å². The molecule has 0 amide bonds. The summed E-state index contributed by atoms with van der Waals surface area (Å²) in [5.41, 5.74) is 4.77. The first kappa shape index (κ1) is 17.7. The number of rotatable bonds is 4. The maximum absolute atomic E-state index is 9.86. The third-order valence-electron chi connectivity index (χ3n) is 3.96. The number of aryl methyl sites for hydroxylation is 4. The maximum Gasteiger partial charge on any atom is 0.282 e. The maximum atomic E-state index is 9.86. The van der Waals surface area contributed by atoms with Gasteiger partial charge < -0.3 is 19.9 Å². The van der Waals surface area contributed by atoms with Crippen molar-refractivity contribution in [2.45, 2.75) is 27.7 Å². The van der Waals surface area contributed by atoms with E-state index in [4.69, 9.17) is 21.5 Å². The van der Waals surface area contributed by atoms with Gasteiger partial charge in [-0.2, -0.15) is 11.8 Å². The van der Waals surface area contributed by atoms with Crippen molar-refractivity contribution in [1.82, 2.24) is 0 Å². The lowest BCUT2D eigenvalue weighted by Gasteiger charge is -2.16. The first-order valence-corrected chi connectivity index (χ1v) is 7.39. The van der Waals surface area contributed by atoms with Gasteiger partial charge in [0.15, 0.2) is 11.5 Å². The van der Waals surface area contributed by atoms with E-state index in [1.54, 1.807) is 24.3 Å². The molecule has 2 aromatic rings. The molecule has 0 unspecified atom stereocenters. The topological polar surface area (TPSA) is 111 Å². The molecule has 0 fully saturated rings. The van der Waals surface area contributed by atoms with Gasteiger partial charge in [0, 0.05) is 0 Å². The standard InChI is InChI=1S/C18H22N2O4/c1-9-5-13(6-10(2)16(9)23-19)15(18(21)22)14-7-11(3)17(24-20)12(4)8-14/h5-8,21-22H,19-20H2,1-4H3. The Morgan fingerprint density at radius 3 is 1.21 bits per heavy atom. The van der Waals surface area contributed by atoms with Crippen molar-refractivity contribution in [1.29, 1.82) is 0 Å². The van der Waals surface area contributed by atoms with Gasteiger partial charge in [-0.15, -0.1) is 0 Å². The fraction of sp³-hybridized carbons (Fsp3) is 0.222. The summed E-state index contributed by atoms with van der Waals surface area (Å²) in [5.74, 6) is 10.9. The van der Waals surface area contributed by atoms with Gasteiger partial charge in [-0.1, -0.05) is 0 Å². The van der Waals surface area contributed by atoms with E-state index in [0.717, 1.165) is 22.3 Å². The van der Waals surface area contributed by atoms with Crippen LogP contribution in [0.15, 0.2) is 30.2 Å². The molecule has 2 rings (SSSR count). The van der Waals surface area contributed by atoms with Gasteiger partial charge in [0.25, 0.3) is 5.95 Å². The van der Waals surface area contributed by atoms with E-state index in [0.29, 0.717) is 28.2 Å². The molecule has 0 aliphatic carbocycles. The van der Waals surface area contributed by atoms with Crippen LogP contribution in [0.1, 0.15) is 33.4 Å². The number of nitrogens with two attached hydrogens (primary N) is 2. The zero-order valence-corrected chi connectivity index (χ0v) is 14.2. The van der Waals surface area contributed by atoms with Gasteiger partial charge in [-0.3, -0.25) is 0 Å². The average molecular weight is 330 g/mol. The third-order valence-corrected chi connectivity index (χ3v) is 3.96. The normalized spacial score (nSPS) is 10.4. The minimum atomic E-state index is -0.768. The van der Waals surface area contributed by atoms with Crippen molar-refractivity contribution in [2.24, 2.45) is 11.8 Å². The molecule has 0 aromatic heterocycles. The first-order valence-electron chi connectivity index (χ1n) is 7.39. The van der Waals surface area contributed by atoms with Crippen molar-refractivity contribution in [3.8, 4) is 11.5 Å². The van der Waals surface area contributed by atoms with Gasteiger partial charge in [-0.25, -0.2) is 0 Å². The van der Waals surface area contributed by atoms with Crippen LogP contribution in [0.2, 0.25) is 0 Å². The quantitative estimate of drug-likeness (QED) is 0.506. The van der Waals surface area contributed by atoms with E-state index >= 15 is 0 Å². The highest BCUT2D eigenvalue weighted by molar-refractivity contribution is 5.82. The Balaban J connectivity index is 2.68. The van der Waals surface area contributed by atoms with Gasteiger partial charge >= 0.3 is 0 Å². The molecule has 2 aromatic carbocycles. The second-order valence-corrected chi connectivity index (χ2v) is 5.81. The molecule has 0 saturated heterocycles. The molecule has 0 atom stereocenters. The number of benzene rings is 2. The van der Waals surface area contributed by atoms with E-state index in [2.05, 4.69) is 0 Å². The Bertz CT molecular complexity index is 701.